The Morgan fingerprint density at radius 3 is 2.95 bits per heavy atom. The van der Waals surface area contributed by atoms with Crippen molar-refractivity contribution in [3.63, 3.8) is 0 Å². The lowest BCUT2D eigenvalue weighted by molar-refractivity contribution is 0.0923. The SMILES string of the molecule is Cn1ccnc1C(NC(=O)c1n[nH]c2c1CCCC2)C1CC1. The second kappa shape index (κ2) is 5.26. The first kappa shape index (κ1) is 13.5. The van der Waals surface area contributed by atoms with Crippen LogP contribution >= 0.6 is 0 Å². The molecule has 0 aromatic carbocycles. The van der Waals surface area contributed by atoms with Gasteiger partial charge >= 0.3 is 0 Å². The third-order valence-electron chi connectivity index (χ3n) is 4.79. The van der Waals surface area contributed by atoms with Gasteiger partial charge in [-0.1, -0.05) is 0 Å². The highest BCUT2D eigenvalue weighted by Gasteiger charge is 2.36. The van der Waals surface area contributed by atoms with Crippen molar-refractivity contribution in [2.45, 2.75) is 44.6 Å². The molecular weight excluding hydrogens is 278 g/mol. The third kappa shape index (κ3) is 2.32. The minimum Gasteiger partial charge on any atom is -0.340 e. The summed E-state index contributed by atoms with van der Waals surface area (Å²) in [6, 6.07) is -0.0107. The number of carbonyl (C=O) groups is 1. The molecular formula is C16H21N5O. The number of amides is 1. The van der Waals surface area contributed by atoms with Crippen molar-refractivity contribution < 1.29 is 4.79 Å². The van der Waals surface area contributed by atoms with Crippen LogP contribution < -0.4 is 5.32 Å². The maximum absolute atomic E-state index is 12.7. The molecule has 1 fully saturated rings. The van der Waals surface area contributed by atoms with Crippen LogP contribution in [0.4, 0.5) is 0 Å². The van der Waals surface area contributed by atoms with Crippen molar-refractivity contribution in [3.05, 3.63) is 35.2 Å². The van der Waals surface area contributed by atoms with Gasteiger partial charge in [-0.05, 0) is 44.4 Å². The summed E-state index contributed by atoms with van der Waals surface area (Å²) in [7, 11) is 1.97. The second-order valence-electron chi connectivity index (χ2n) is 6.42. The quantitative estimate of drug-likeness (QED) is 0.905. The molecule has 1 saturated carbocycles. The fourth-order valence-corrected chi connectivity index (χ4v) is 3.38. The minimum absolute atomic E-state index is 0.0107. The Bertz CT molecular complexity index is 697. The number of carbonyl (C=O) groups excluding carboxylic acids is 1. The number of hydrogen-bond acceptors (Lipinski definition) is 3. The van der Waals surface area contributed by atoms with E-state index in [1.54, 1.807) is 6.20 Å². The Labute approximate surface area is 129 Å². The number of aryl methyl sites for hydroxylation is 2. The van der Waals surface area contributed by atoms with Crippen molar-refractivity contribution in [2.75, 3.05) is 0 Å². The Kier molecular flexibility index (Phi) is 3.24. The van der Waals surface area contributed by atoms with Gasteiger partial charge in [0, 0.05) is 30.7 Å². The van der Waals surface area contributed by atoms with Crippen LogP contribution in [0.15, 0.2) is 12.4 Å². The molecule has 0 aliphatic heterocycles. The number of nitrogens with zero attached hydrogens (tertiary/aromatic N) is 3. The summed E-state index contributed by atoms with van der Waals surface area (Å²) >= 11 is 0. The molecule has 6 heteroatoms. The number of fused-ring (bicyclic) bond motifs is 1. The lowest BCUT2D eigenvalue weighted by Crippen LogP contribution is -2.32. The van der Waals surface area contributed by atoms with Crippen LogP contribution in [0.5, 0.6) is 0 Å². The van der Waals surface area contributed by atoms with Gasteiger partial charge in [-0.2, -0.15) is 5.10 Å². The van der Waals surface area contributed by atoms with Crippen LogP contribution in [-0.4, -0.2) is 25.7 Å². The molecule has 2 aliphatic carbocycles. The van der Waals surface area contributed by atoms with E-state index >= 15 is 0 Å². The van der Waals surface area contributed by atoms with Crippen molar-refractivity contribution in [2.24, 2.45) is 13.0 Å². The van der Waals surface area contributed by atoms with Gasteiger partial charge in [-0.15, -0.1) is 0 Å². The van der Waals surface area contributed by atoms with Crippen LogP contribution in [0.25, 0.3) is 0 Å². The van der Waals surface area contributed by atoms with E-state index in [0.717, 1.165) is 49.2 Å². The molecule has 0 saturated heterocycles. The summed E-state index contributed by atoms with van der Waals surface area (Å²) in [5, 5.41) is 10.5. The summed E-state index contributed by atoms with van der Waals surface area (Å²) in [5.74, 6) is 1.36. The molecule has 1 atom stereocenters. The smallest absolute Gasteiger partial charge is 0.272 e. The molecule has 1 amide bonds. The van der Waals surface area contributed by atoms with Crippen LogP contribution in [-0.2, 0) is 19.9 Å². The zero-order chi connectivity index (χ0) is 15.1. The molecule has 2 heterocycles. The maximum atomic E-state index is 12.7. The second-order valence-corrected chi connectivity index (χ2v) is 6.42. The summed E-state index contributed by atoms with van der Waals surface area (Å²) in [4.78, 5) is 17.1. The fourth-order valence-electron chi connectivity index (χ4n) is 3.38. The van der Waals surface area contributed by atoms with Crippen LogP contribution in [0.2, 0.25) is 0 Å². The van der Waals surface area contributed by atoms with E-state index in [0.29, 0.717) is 11.6 Å². The van der Waals surface area contributed by atoms with E-state index < -0.39 is 0 Å². The number of aromatic amines is 1. The van der Waals surface area contributed by atoms with E-state index in [4.69, 9.17) is 0 Å². The topological polar surface area (TPSA) is 75.6 Å². The van der Waals surface area contributed by atoms with Crippen LogP contribution in [0.1, 0.15) is 59.3 Å². The Morgan fingerprint density at radius 2 is 2.23 bits per heavy atom. The first-order chi connectivity index (χ1) is 10.7. The van der Waals surface area contributed by atoms with E-state index in [2.05, 4.69) is 20.5 Å². The van der Waals surface area contributed by atoms with Gasteiger partial charge in [0.1, 0.15) is 5.82 Å². The predicted octanol–water partition coefficient (Wildman–Crippen LogP) is 1.90. The number of aromatic nitrogens is 4. The minimum atomic E-state index is -0.0701. The summed E-state index contributed by atoms with van der Waals surface area (Å²) in [6.45, 7) is 0. The molecule has 0 radical (unpaired) electrons. The standard InChI is InChI=1S/C16H21N5O/c1-21-9-8-17-15(21)13(10-6-7-10)18-16(22)14-11-4-2-3-5-12(11)19-20-14/h8-10,13H,2-7H2,1H3,(H,18,22)(H,19,20). The Balaban J connectivity index is 1.58. The molecule has 1 unspecified atom stereocenters. The van der Waals surface area contributed by atoms with E-state index in [9.17, 15) is 4.79 Å². The molecule has 2 aliphatic rings. The molecule has 4 rings (SSSR count). The molecule has 2 aromatic heterocycles. The lowest BCUT2D eigenvalue weighted by atomic mass is 9.95. The van der Waals surface area contributed by atoms with Gasteiger partial charge in [0.05, 0.1) is 6.04 Å². The van der Waals surface area contributed by atoms with Crippen molar-refractivity contribution in [1.29, 1.82) is 0 Å². The summed E-state index contributed by atoms with van der Waals surface area (Å²) < 4.78 is 1.99. The van der Waals surface area contributed by atoms with Gasteiger partial charge in [0.15, 0.2) is 5.69 Å². The van der Waals surface area contributed by atoms with Crippen LogP contribution in [0.3, 0.4) is 0 Å². The van der Waals surface area contributed by atoms with Gasteiger partial charge in [0.25, 0.3) is 5.91 Å². The van der Waals surface area contributed by atoms with E-state index in [1.807, 2.05) is 17.8 Å². The Morgan fingerprint density at radius 1 is 1.41 bits per heavy atom. The monoisotopic (exact) mass is 299 g/mol. The zero-order valence-corrected chi connectivity index (χ0v) is 12.8. The molecule has 22 heavy (non-hydrogen) atoms. The molecule has 6 nitrogen and oxygen atoms in total. The average Bonchev–Trinajstić information content (AvgIpc) is 3.14. The van der Waals surface area contributed by atoms with Gasteiger partial charge in [-0.25, -0.2) is 4.98 Å². The van der Waals surface area contributed by atoms with Gasteiger partial charge < -0.3 is 9.88 Å². The molecule has 0 bridgehead atoms. The van der Waals surface area contributed by atoms with Gasteiger partial charge in [0.2, 0.25) is 0 Å². The summed E-state index contributed by atoms with van der Waals surface area (Å²) in [6.07, 6.45) is 10.3. The van der Waals surface area contributed by atoms with Crippen molar-refractivity contribution in [3.8, 4) is 0 Å². The fraction of sp³-hybridized carbons (Fsp3) is 0.562. The van der Waals surface area contributed by atoms with E-state index in [-0.39, 0.29) is 11.9 Å². The normalized spacial score (nSPS) is 18.8. The zero-order valence-electron chi connectivity index (χ0n) is 12.8. The average molecular weight is 299 g/mol. The highest BCUT2D eigenvalue weighted by molar-refractivity contribution is 5.94. The maximum Gasteiger partial charge on any atom is 0.272 e. The van der Waals surface area contributed by atoms with E-state index in [1.165, 1.54) is 6.42 Å². The number of rotatable bonds is 4. The number of nitrogens with one attached hydrogen (secondary N) is 2. The first-order valence-electron chi connectivity index (χ1n) is 8.08. The number of hydrogen-bond donors (Lipinski definition) is 2. The predicted molar refractivity (Wildman–Crippen MR) is 81.4 cm³/mol. The Hall–Kier alpha value is -2.11. The molecule has 2 N–H and O–H groups in total. The lowest BCUT2D eigenvalue weighted by Gasteiger charge is -2.18. The van der Waals surface area contributed by atoms with Crippen molar-refractivity contribution >= 4 is 5.91 Å². The highest BCUT2D eigenvalue weighted by Crippen LogP contribution is 2.40. The third-order valence-corrected chi connectivity index (χ3v) is 4.79. The largest absolute Gasteiger partial charge is 0.340 e. The molecule has 0 spiro atoms. The highest BCUT2D eigenvalue weighted by atomic mass is 16.2. The molecule has 116 valence electrons. The number of H-pyrrole nitrogens is 1. The number of imidazole rings is 1. The van der Waals surface area contributed by atoms with Crippen molar-refractivity contribution in [1.82, 2.24) is 25.1 Å². The first-order valence-corrected chi connectivity index (χ1v) is 8.08. The summed E-state index contributed by atoms with van der Waals surface area (Å²) in [5.41, 5.74) is 2.82. The van der Waals surface area contributed by atoms with Crippen LogP contribution in [0, 0.1) is 5.92 Å². The van der Waals surface area contributed by atoms with Gasteiger partial charge in [-0.3, -0.25) is 9.89 Å². The molecule has 2 aromatic rings.